The number of hydrogen-bond acceptors (Lipinski definition) is 5. The first-order chi connectivity index (χ1) is 15.8. The van der Waals surface area contributed by atoms with Crippen molar-refractivity contribution in [3.8, 4) is 11.5 Å². The number of hydrogen-bond donors (Lipinski definition) is 2. The molecular weight excluding hydrogens is 436 g/mol. The number of rotatable bonds is 8. The molecule has 0 radical (unpaired) electrons. The highest BCUT2D eigenvalue weighted by molar-refractivity contribution is 8.00. The summed E-state index contributed by atoms with van der Waals surface area (Å²) in [6, 6.07) is 18.3. The largest absolute Gasteiger partial charge is 0.493 e. The first-order valence-corrected chi connectivity index (χ1v) is 11.4. The Bertz CT molecular complexity index is 1150. The van der Waals surface area contributed by atoms with Crippen molar-refractivity contribution in [1.29, 1.82) is 0 Å². The standard InChI is InChI=1S/C26H28N2O4S/c1-16-6-8-21(14-17(16)2)28-25(29)18(3)33-22-11-9-20(10-12-22)27-26(30)19-7-13-23(31-4)24(15-19)32-5/h6-15,18H,1-5H3,(H,27,30)(H,28,29). The van der Waals surface area contributed by atoms with Gasteiger partial charge in [-0.05, 0) is 86.5 Å². The lowest BCUT2D eigenvalue weighted by atomic mass is 10.1. The van der Waals surface area contributed by atoms with E-state index in [-0.39, 0.29) is 17.1 Å². The van der Waals surface area contributed by atoms with Gasteiger partial charge in [-0.15, -0.1) is 11.8 Å². The van der Waals surface area contributed by atoms with Gasteiger partial charge in [-0.3, -0.25) is 9.59 Å². The van der Waals surface area contributed by atoms with Gasteiger partial charge in [0.1, 0.15) is 0 Å². The van der Waals surface area contributed by atoms with Crippen LogP contribution in [-0.4, -0.2) is 31.3 Å². The molecule has 0 fully saturated rings. The van der Waals surface area contributed by atoms with E-state index in [0.29, 0.717) is 22.7 Å². The summed E-state index contributed by atoms with van der Waals surface area (Å²) < 4.78 is 10.5. The third-order valence-corrected chi connectivity index (χ3v) is 6.33. The zero-order valence-corrected chi connectivity index (χ0v) is 20.2. The smallest absolute Gasteiger partial charge is 0.255 e. The monoisotopic (exact) mass is 464 g/mol. The van der Waals surface area contributed by atoms with Gasteiger partial charge in [0.05, 0.1) is 19.5 Å². The van der Waals surface area contributed by atoms with Crippen LogP contribution in [0.4, 0.5) is 11.4 Å². The summed E-state index contributed by atoms with van der Waals surface area (Å²) in [7, 11) is 3.07. The van der Waals surface area contributed by atoms with Gasteiger partial charge >= 0.3 is 0 Å². The van der Waals surface area contributed by atoms with Crippen LogP contribution in [0.2, 0.25) is 0 Å². The molecule has 33 heavy (non-hydrogen) atoms. The molecule has 0 saturated heterocycles. The predicted molar refractivity (Wildman–Crippen MR) is 134 cm³/mol. The number of carbonyl (C=O) groups is 2. The zero-order chi connectivity index (χ0) is 24.0. The van der Waals surface area contributed by atoms with Gasteiger partial charge in [0.15, 0.2) is 11.5 Å². The first-order valence-electron chi connectivity index (χ1n) is 10.5. The molecule has 3 aromatic carbocycles. The van der Waals surface area contributed by atoms with E-state index >= 15 is 0 Å². The fourth-order valence-electron chi connectivity index (χ4n) is 3.12. The summed E-state index contributed by atoms with van der Waals surface area (Å²) in [5.41, 5.74) is 4.24. The molecule has 7 heteroatoms. The Labute approximate surface area is 198 Å². The van der Waals surface area contributed by atoms with E-state index in [4.69, 9.17) is 9.47 Å². The number of amides is 2. The Kier molecular flexibility index (Phi) is 8.01. The molecule has 0 saturated carbocycles. The number of ether oxygens (including phenoxy) is 2. The van der Waals surface area contributed by atoms with Crippen molar-refractivity contribution >= 4 is 35.0 Å². The highest BCUT2D eigenvalue weighted by Gasteiger charge is 2.15. The van der Waals surface area contributed by atoms with Gasteiger partial charge in [0.2, 0.25) is 5.91 Å². The molecule has 0 aromatic heterocycles. The summed E-state index contributed by atoms with van der Waals surface area (Å²) in [4.78, 5) is 26.1. The number of carbonyl (C=O) groups excluding carboxylic acids is 2. The van der Waals surface area contributed by atoms with Gasteiger partial charge in [-0.2, -0.15) is 0 Å². The number of anilines is 2. The molecule has 0 bridgehead atoms. The van der Waals surface area contributed by atoms with Crippen LogP contribution in [0.3, 0.4) is 0 Å². The van der Waals surface area contributed by atoms with E-state index in [1.165, 1.54) is 24.4 Å². The number of aryl methyl sites for hydroxylation is 2. The molecule has 0 aliphatic rings. The number of nitrogens with one attached hydrogen (secondary N) is 2. The van der Waals surface area contributed by atoms with Crippen LogP contribution in [0, 0.1) is 13.8 Å². The van der Waals surface area contributed by atoms with E-state index in [1.54, 1.807) is 25.3 Å². The summed E-state index contributed by atoms with van der Waals surface area (Å²) in [5.74, 6) is 0.739. The van der Waals surface area contributed by atoms with Crippen molar-refractivity contribution in [3.05, 3.63) is 77.4 Å². The SMILES string of the molecule is COc1ccc(C(=O)Nc2ccc(SC(C)C(=O)Nc3ccc(C)c(C)c3)cc2)cc1OC. The molecule has 1 unspecified atom stereocenters. The molecule has 3 rings (SSSR count). The van der Waals surface area contributed by atoms with Gasteiger partial charge in [-0.25, -0.2) is 0 Å². The lowest BCUT2D eigenvalue weighted by molar-refractivity contribution is -0.115. The van der Waals surface area contributed by atoms with Crippen LogP contribution < -0.4 is 20.1 Å². The van der Waals surface area contributed by atoms with E-state index in [1.807, 2.05) is 63.2 Å². The number of benzene rings is 3. The van der Waals surface area contributed by atoms with E-state index in [2.05, 4.69) is 10.6 Å². The van der Waals surface area contributed by atoms with Crippen LogP contribution in [0.15, 0.2) is 65.6 Å². The van der Waals surface area contributed by atoms with Crippen molar-refractivity contribution in [3.63, 3.8) is 0 Å². The minimum absolute atomic E-state index is 0.0610. The van der Waals surface area contributed by atoms with Crippen molar-refractivity contribution in [2.45, 2.75) is 30.9 Å². The van der Waals surface area contributed by atoms with Gasteiger partial charge in [0.25, 0.3) is 5.91 Å². The third-order valence-electron chi connectivity index (χ3n) is 5.21. The zero-order valence-electron chi connectivity index (χ0n) is 19.4. The van der Waals surface area contributed by atoms with Crippen LogP contribution >= 0.6 is 11.8 Å². The lowest BCUT2D eigenvalue weighted by Gasteiger charge is -2.13. The van der Waals surface area contributed by atoms with Gasteiger partial charge < -0.3 is 20.1 Å². The molecule has 0 aliphatic heterocycles. The summed E-state index contributed by atoms with van der Waals surface area (Å²) in [5, 5.41) is 5.56. The summed E-state index contributed by atoms with van der Waals surface area (Å²) in [6.45, 7) is 5.93. The quantitative estimate of drug-likeness (QED) is 0.419. The molecule has 0 heterocycles. The predicted octanol–water partition coefficient (Wildman–Crippen LogP) is 5.69. The third kappa shape index (κ3) is 6.29. The Morgan fingerprint density at radius 3 is 2.09 bits per heavy atom. The highest BCUT2D eigenvalue weighted by Crippen LogP contribution is 2.29. The number of methoxy groups -OCH3 is 2. The second kappa shape index (κ2) is 10.9. The molecule has 2 N–H and O–H groups in total. The molecule has 6 nitrogen and oxygen atoms in total. The Balaban J connectivity index is 1.58. The molecule has 2 amide bonds. The molecule has 0 spiro atoms. The van der Waals surface area contributed by atoms with Crippen molar-refractivity contribution in [2.75, 3.05) is 24.9 Å². The average molecular weight is 465 g/mol. The topological polar surface area (TPSA) is 76.7 Å². The molecule has 3 aromatic rings. The van der Waals surface area contributed by atoms with Crippen molar-refractivity contribution < 1.29 is 19.1 Å². The summed E-state index contributed by atoms with van der Waals surface area (Å²) >= 11 is 1.46. The highest BCUT2D eigenvalue weighted by atomic mass is 32.2. The fourth-order valence-corrected chi connectivity index (χ4v) is 3.99. The molecule has 172 valence electrons. The Hall–Kier alpha value is -3.45. The second-order valence-electron chi connectivity index (χ2n) is 7.60. The summed E-state index contributed by atoms with van der Waals surface area (Å²) in [6.07, 6.45) is 0. The van der Waals surface area contributed by atoms with Crippen molar-refractivity contribution in [2.24, 2.45) is 0 Å². The lowest BCUT2D eigenvalue weighted by Crippen LogP contribution is -2.22. The van der Waals surface area contributed by atoms with Crippen molar-refractivity contribution in [1.82, 2.24) is 0 Å². The van der Waals surface area contributed by atoms with E-state index < -0.39 is 0 Å². The van der Waals surface area contributed by atoms with Gasteiger partial charge in [0, 0.05) is 21.8 Å². The Morgan fingerprint density at radius 2 is 1.45 bits per heavy atom. The molecule has 1 atom stereocenters. The van der Waals surface area contributed by atoms with Crippen LogP contribution in [0.5, 0.6) is 11.5 Å². The maximum Gasteiger partial charge on any atom is 0.255 e. The minimum atomic E-state index is -0.279. The van der Waals surface area contributed by atoms with Crippen LogP contribution in [0.1, 0.15) is 28.4 Å². The fraction of sp³-hybridized carbons (Fsp3) is 0.231. The molecule has 0 aliphatic carbocycles. The molecular formula is C26H28N2O4S. The van der Waals surface area contributed by atoms with E-state index in [9.17, 15) is 9.59 Å². The average Bonchev–Trinajstić information content (AvgIpc) is 2.82. The van der Waals surface area contributed by atoms with Crippen LogP contribution in [0.25, 0.3) is 0 Å². The first kappa shape index (κ1) is 24.2. The maximum atomic E-state index is 12.6. The van der Waals surface area contributed by atoms with Crippen LogP contribution in [-0.2, 0) is 4.79 Å². The second-order valence-corrected chi connectivity index (χ2v) is 9.01. The normalized spacial score (nSPS) is 11.4. The van der Waals surface area contributed by atoms with Gasteiger partial charge in [-0.1, -0.05) is 6.07 Å². The maximum absolute atomic E-state index is 12.6. The van der Waals surface area contributed by atoms with E-state index in [0.717, 1.165) is 16.1 Å². The number of thioether (sulfide) groups is 1. The Morgan fingerprint density at radius 1 is 0.788 bits per heavy atom. The minimum Gasteiger partial charge on any atom is -0.493 e.